The smallest absolute Gasteiger partial charge is 0.399 e. The van der Waals surface area contributed by atoms with E-state index in [0.717, 1.165) is 18.8 Å². The van der Waals surface area contributed by atoms with Gasteiger partial charge >= 0.3 is 12.5 Å². The summed E-state index contributed by atoms with van der Waals surface area (Å²) in [7, 11) is 0. The van der Waals surface area contributed by atoms with Gasteiger partial charge in [-0.25, -0.2) is 8.78 Å². The van der Waals surface area contributed by atoms with Gasteiger partial charge in [0.05, 0.1) is 13.0 Å². The van der Waals surface area contributed by atoms with Gasteiger partial charge < -0.3 is 9.47 Å². The molecule has 0 spiro atoms. The van der Waals surface area contributed by atoms with E-state index >= 15 is 0 Å². The van der Waals surface area contributed by atoms with Crippen molar-refractivity contribution in [1.82, 2.24) is 0 Å². The van der Waals surface area contributed by atoms with E-state index < -0.39 is 48.4 Å². The maximum absolute atomic E-state index is 14.3. The summed E-state index contributed by atoms with van der Waals surface area (Å²) < 4.78 is 101. The van der Waals surface area contributed by atoms with Crippen LogP contribution in [0.4, 0.5) is 30.7 Å². The molecule has 1 aliphatic carbocycles. The first-order chi connectivity index (χ1) is 17.0. The predicted molar refractivity (Wildman–Crippen MR) is 122 cm³/mol. The molecule has 0 radical (unpaired) electrons. The third-order valence-corrected chi connectivity index (χ3v) is 6.65. The van der Waals surface area contributed by atoms with Gasteiger partial charge in [0.1, 0.15) is 0 Å². The Labute approximate surface area is 206 Å². The minimum atomic E-state index is -5.32. The largest absolute Gasteiger partial charge is 0.573 e. The molecule has 0 bridgehead atoms. The number of hydrogen-bond donors (Lipinski definition) is 0. The van der Waals surface area contributed by atoms with E-state index in [2.05, 4.69) is 16.4 Å². The number of hydrogen-bond acceptors (Lipinski definition) is 2. The highest BCUT2D eigenvalue weighted by Gasteiger charge is 2.35. The second kappa shape index (κ2) is 12.3. The van der Waals surface area contributed by atoms with Gasteiger partial charge in [-0.15, -0.1) is 13.2 Å². The van der Waals surface area contributed by atoms with Crippen molar-refractivity contribution in [1.29, 1.82) is 0 Å². The van der Waals surface area contributed by atoms with E-state index in [1.54, 1.807) is 12.1 Å². The summed E-state index contributed by atoms with van der Waals surface area (Å²) in [5, 5.41) is 0. The zero-order valence-electron chi connectivity index (χ0n) is 20.2. The van der Waals surface area contributed by atoms with Crippen LogP contribution in [0.1, 0.15) is 80.9 Å². The van der Waals surface area contributed by atoms with Crippen LogP contribution in [-0.2, 0) is 17.8 Å². The third-order valence-electron chi connectivity index (χ3n) is 6.65. The maximum Gasteiger partial charge on any atom is 0.573 e. The Bertz CT molecular complexity index is 942. The SMILES string of the molecule is CCCCCC1CCC(c2ccc(COC(F)(F)Cc3cc(F)c(OC(F)(F)F)c(F)c3)cc2)CC1. The van der Waals surface area contributed by atoms with Gasteiger partial charge in [-0.2, -0.15) is 8.78 Å². The fourth-order valence-electron chi connectivity index (χ4n) is 4.76. The molecule has 0 N–H and O–H groups in total. The highest BCUT2D eigenvalue weighted by atomic mass is 19.4. The normalized spacial score (nSPS) is 18.9. The lowest BCUT2D eigenvalue weighted by molar-refractivity contribution is -0.276. The van der Waals surface area contributed by atoms with Gasteiger partial charge in [-0.05, 0) is 66.3 Å². The summed E-state index contributed by atoms with van der Waals surface area (Å²) in [6.45, 7) is 1.77. The Morgan fingerprint density at radius 2 is 1.44 bits per heavy atom. The average molecular weight is 521 g/mol. The van der Waals surface area contributed by atoms with E-state index in [4.69, 9.17) is 0 Å². The van der Waals surface area contributed by atoms with Crippen molar-refractivity contribution in [3.63, 3.8) is 0 Å². The van der Waals surface area contributed by atoms with Gasteiger partial charge in [0, 0.05) is 0 Å². The average Bonchev–Trinajstić information content (AvgIpc) is 2.80. The number of unbranched alkanes of at least 4 members (excludes halogenated alkanes) is 2. The van der Waals surface area contributed by atoms with Crippen molar-refractivity contribution in [2.75, 3.05) is 0 Å². The topological polar surface area (TPSA) is 18.5 Å². The fourth-order valence-corrected chi connectivity index (χ4v) is 4.76. The minimum Gasteiger partial charge on any atom is -0.399 e. The molecule has 200 valence electrons. The number of ether oxygens (including phenoxy) is 2. The van der Waals surface area contributed by atoms with Crippen LogP contribution in [0.5, 0.6) is 5.75 Å². The van der Waals surface area contributed by atoms with Crippen LogP contribution >= 0.6 is 0 Å². The van der Waals surface area contributed by atoms with Crippen LogP contribution in [0, 0.1) is 17.6 Å². The second-order valence-corrected chi connectivity index (χ2v) is 9.49. The van der Waals surface area contributed by atoms with Crippen molar-refractivity contribution in [3.8, 4) is 5.75 Å². The molecule has 2 aromatic carbocycles. The van der Waals surface area contributed by atoms with Crippen LogP contribution in [0.2, 0.25) is 0 Å². The van der Waals surface area contributed by atoms with E-state index in [-0.39, 0.29) is 0 Å². The van der Waals surface area contributed by atoms with Gasteiger partial charge in [-0.3, -0.25) is 0 Å². The van der Waals surface area contributed by atoms with Crippen molar-refractivity contribution < 1.29 is 40.2 Å². The molecule has 1 fully saturated rings. The van der Waals surface area contributed by atoms with Crippen molar-refractivity contribution >= 4 is 0 Å². The highest BCUT2D eigenvalue weighted by Crippen LogP contribution is 2.38. The summed E-state index contributed by atoms with van der Waals surface area (Å²) in [5.41, 5.74) is 1.12. The van der Waals surface area contributed by atoms with E-state index in [1.165, 1.54) is 44.1 Å². The third kappa shape index (κ3) is 8.68. The van der Waals surface area contributed by atoms with Crippen molar-refractivity contribution in [2.24, 2.45) is 5.92 Å². The Morgan fingerprint density at radius 1 is 0.833 bits per heavy atom. The summed E-state index contributed by atoms with van der Waals surface area (Å²) in [4.78, 5) is 0. The number of alkyl halides is 5. The Hall–Kier alpha value is -2.29. The molecule has 0 amide bonds. The lowest BCUT2D eigenvalue weighted by Crippen LogP contribution is -2.24. The molecule has 2 nitrogen and oxygen atoms in total. The van der Waals surface area contributed by atoms with E-state index in [0.29, 0.717) is 23.6 Å². The highest BCUT2D eigenvalue weighted by molar-refractivity contribution is 5.32. The molecule has 9 heteroatoms. The molecule has 3 rings (SSSR count). The first-order valence-electron chi connectivity index (χ1n) is 12.3. The van der Waals surface area contributed by atoms with E-state index in [1.807, 2.05) is 12.1 Å². The van der Waals surface area contributed by atoms with Gasteiger partial charge in [0.25, 0.3) is 0 Å². The van der Waals surface area contributed by atoms with Crippen LogP contribution < -0.4 is 4.74 Å². The number of halogens is 7. The zero-order valence-corrected chi connectivity index (χ0v) is 20.2. The summed E-state index contributed by atoms with van der Waals surface area (Å²) in [5.74, 6) is -3.91. The van der Waals surface area contributed by atoms with Crippen LogP contribution in [0.15, 0.2) is 36.4 Å². The number of rotatable bonds is 11. The Balaban J connectivity index is 1.51. The number of benzene rings is 2. The second-order valence-electron chi connectivity index (χ2n) is 9.49. The molecule has 1 aliphatic rings. The molecule has 0 unspecified atom stereocenters. The summed E-state index contributed by atoms with van der Waals surface area (Å²) in [6, 6.07) is 8.03. The summed E-state index contributed by atoms with van der Waals surface area (Å²) >= 11 is 0. The minimum absolute atomic E-state index is 0.370. The molecule has 36 heavy (non-hydrogen) atoms. The Morgan fingerprint density at radius 3 is 2.00 bits per heavy atom. The molecule has 1 saturated carbocycles. The zero-order chi connectivity index (χ0) is 26.3. The molecule has 0 aliphatic heterocycles. The standard InChI is InChI=1S/C27H31F7O2/c1-2-3-4-5-18-6-10-21(11-7-18)22-12-8-19(9-13-22)17-35-26(30,31)16-20-14-23(28)25(24(29)15-20)36-27(32,33)34/h8-9,12-15,18,21H,2-7,10-11,16-17H2,1H3. The fraction of sp³-hybridized carbons (Fsp3) is 0.556. The first-order valence-corrected chi connectivity index (χ1v) is 12.3. The van der Waals surface area contributed by atoms with Crippen molar-refractivity contribution in [3.05, 3.63) is 64.7 Å². The molecule has 0 atom stereocenters. The molecule has 0 heterocycles. The lowest BCUT2D eigenvalue weighted by atomic mass is 9.77. The van der Waals surface area contributed by atoms with Crippen LogP contribution in [0.3, 0.4) is 0 Å². The van der Waals surface area contributed by atoms with Crippen molar-refractivity contribution in [2.45, 2.75) is 89.7 Å². The summed E-state index contributed by atoms with van der Waals surface area (Å²) in [6.07, 6.45) is -0.613. The maximum atomic E-state index is 14.3. The van der Waals surface area contributed by atoms with Gasteiger partial charge in [-0.1, -0.05) is 56.9 Å². The predicted octanol–water partition coefficient (Wildman–Crippen LogP) is 9.07. The molecule has 0 saturated heterocycles. The molecule has 2 aromatic rings. The van der Waals surface area contributed by atoms with E-state index in [9.17, 15) is 30.7 Å². The van der Waals surface area contributed by atoms with Gasteiger partial charge in [0.15, 0.2) is 11.6 Å². The van der Waals surface area contributed by atoms with Gasteiger partial charge in [0.2, 0.25) is 5.75 Å². The van der Waals surface area contributed by atoms with Crippen LogP contribution in [-0.4, -0.2) is 12.5 Å². The monoisotopic (exact) mass is 520 g/mol. The quantitative estimate of drug-likeness (QED) is 0.217. The van der Waals surface area contributed by atoms with Crippen LogP contribution in [0.25, 0.3) is 0 Å². The molecular formula is C27H31F7O2. The first kappa shape index (κ1) is 28.3. The lowest BCUT2D eigenvalue weighted by Gasteiger charge is -2.29. The molecule has 0 aromatic heterocycles. The molecular weight excluding hydrogens is 489 g/mol. The Kier molecular flexibility index (Phi) is 9.66.